The van der Waals surface area contributed by atoms with Crippen LogP contribution in [0.2, 0.25) is 5.02 Å². The summed E-state index contributed by atoms with van der Waals surface area (Å²) < 4.78 is 0. The molecule has 0 radical (unpaired) electrons. The molecule has 21 heavy (non-hydrogen) atoms. The molecular formula is C17H16ClNO2. The molecule has 1 atom stereocenters. The third-order valence-electron chi connectivity index (χ3n) is 3.89. The lowest BCUT2D eigenvalue weighted by Gasteiger charge is -2.25. The number of carbonyl (C=O) groups excluding carboxylic acids is 1. The van der Waals surface area contributed by atoms with Crippen molar-refractivity contribution in [1.82, 2.24) is 5.32 Å². The summed E-state index contributed by atoms with van der Waals surface area (Å²) in [7, 11) is 0. The maximum atomic E-state index is 12.2. The lowest BCUT2D eigenvalue weighted by molar-refractivity contribution is 0.0933. The summed E-state index contributed by atoms with van der Waals surface area (Å²) in [5.74, 6) is -0.166. The molecule has 0 aromatic heterocycles. The van der Waals surface area contributed by atoms with E-state index >= 15 is 0 Å². The minimum atomic E-state index is -0.152. The fraction of sp³-hybridized carbons (Fsp3) is 0.235. The molecule has 1 amide bonds. The van der Waals surface area contributed by atoms with Crippen molar-refractivity contribution >= 4 is 17.5 Å². The lowest BCUT2D eigenvalue weighted by Crippen LogP contribution is -2.38. The highest BCUT2D eigenvalue weighted by molar-refractivity contribution is 6.32. The summed E-state index contributed by atoms with van der Waals surface area (Å²) in [6.45, 7) is 0. The second kappa shape index (κ2) is 5.78. The van der Waals surface area contributed by atoms with Gasteiger partial charge in [0.1, 0.15) is 5.75 Å². The molecule has 0 heterocycles. The number of amides is 1. The number of aromatic hydroxyl groups is 1. The van der Waals surface area contributed by atoms with Crippen LogP contribution in [0.1, 0.15) is 27.9 Å². The van der Waals surface area contributed by atoms with Gasteiger partial charge in [-0.2, -0.15) is 0 Å². The molecule has 2 aromatic rings. The van der Waals surface area contributed by atoms with E-state index in [2.05, 4.69) is 23.5 Å². The average Bonchev–Trinajstić information content (AvgIpc) is 2.50. The number of aryl methyl sites for hydroxylation is 1. The molecule has 3 rings (SSSR count). The molecule has 1 aliphatic rings. The van der Waals surface area contributed by atoms with E-state index in [0.717, 1.165) is 19.3 Å². The molecule has 2 aromatic carbocycles. The maximum Gasteiger partial charge on any atom is 0.251 e. The molecule has 0 bridgehead atoms. The first kappa shape index (κ1) is 14.0. The molecule has 3 nitrogen and oxygen atoms in total. The molecule has 0 spiro atoms. The largest absolute Gasteiger partial charge is 0.506 e. The zero-order valence-corrected chi connectivity index (χ0v) is 12.2. The summed E-state index contributed by atoms with van der Waals surface area (Å²) in [6.07, 6.45) is 2.78. The van der Waals surface area contributed by atoms with E-state index < -0.39 is 0 Å². The van der Waals surface area contributed by atoms with Crippen LogP contribution in [0.5, 0.6) is 5.75 Å². The van der Waals surface area contributed by atoms with Crippen LogP contribution >= 0.6 is 11.6 Å². The highest BCUT2D eigenvalue weighted by atomic mass is 35.5. The summed E-state index contributed by atoms with van der Waals surface area (Å²) in [5, 5.41) is 12.6. The minimum absolute atomic E-state index is 0.0141. The van der Waals surface area contributed by atoms with Crippen LogP contribution in [0.25, 0.3) is 0 Å². The molecule has 2 N–H and O–H groups in total. The van der Waals surface area contributed by atoms with Gasteiger partial charge in [-0.25, -0.2) is 0 Å². The van der Waals surface area contributed by atoms with Gasteiger partial charge in [0.25, 0.3) is 5.91 Å². The Morgan fingerprint density at radius 3 is 2.71 bits per heavy atom. The second-order valence-corrected chi connectivity index (χ2v) is 5.76. The van der Waals surface area contributed by atoms with E-state index in [9.17, 15) is 9.90 Å². The number of benzene rings is 2. The topological polar surface area (TPSA) is 49.3 Å². The SMILES string of the molecule is O=C(NC1CCc2ccccc2C1)c1ccc(O)c(Cl)c1. The highest BCUT2D eigenvalue weighted by Crippen LogP contribution is 2.24. The Morgan fingerprint density at radius 1 is 1.19 bits per heavy atom. The number of nitrogens with one attached hydrogen (secondary N) is 1. The van der Waals surface area contributed by atoms with E-state index in [4.69, 9.17) is 11.6 Å². The van der Waals surface area contributed by atoms with E-state index in [0.29, 0.717) is 5.56 Å². The Balaban J connectivity index is 1.70. The number of rotatable bonds is 2. The van der Waals surface area contributed by atoms with Crippen molar-refractivity contribution in [3.8, 4) is 5.75 Å². The van der Waals surface area contributed by atoms with E-state index in [1.807, 2.05) is 6.07 Å². The Labute approximate surface area is 128 Å². The first-order chi connectivity index (χ1) is 10.1. The van der Waals surface area contributed by atoms with Gasteiger partial charge in [0, 0.05) is 11.6 Å². The Hall–Kier alpha value is -2.00. The zero-order valence-electron chi connectivity index (χ0n) is 11.5. The van der Waals surface area contributed by atoms with Crippen molar-refractivity contribution in [1.29, 1.82) is 0 Å². The van der Waals surface area contributed by atoms with Crippen molar-refractivity contribution in [3.05, 3.63) is 64.2 Å². The third kappa shape index (κ3) is 3.03. The predicted molar refractivity (Wildman–Crippen MR) is 82.8 cm³/mol. The van der Waals surface area contributed by atoms with Gasteiger partial charge in [-0.1, -0.05) is 35.9 Å². The molecule has 0 saturated heterocycles. The monoisotopic (exact) mass is 301 g/mol. The van der Waals surface area contributed by atoms with Crippen molar-refractivity contribution < 1.29 is 9.90 Å². The molecule has 0 saturated carbocycles. The maximum absolute atomic E-state index is 12.2. The van der Waals surface area contributed by atoms with Crippen molar-refractivity contribution in [2.45, 2.75) is 25.3 Å². The van der Waals surface area contributed by atoms with Crippen LogP contribution in [0.3, 0.4) is 0 Å². The number of phenols is 1. The van der Waals surface area contributed by atoms with Gasteiger partial charge < -0.3 is 10.4 Å². The lowest BCUT2D eigenvalue weighted by atomic mass is 9.88. The molecule has 0 aliphatic heterocycles. The Bertz CT molecular complexity index is 684. The summed E-state index contributed by atoms with van der Waals surface area (Å²) in [4.78, 5) is 12.2. The quantitative estimate of drug-likeness (QED) is 0.894. The van der Waals surface area contributed by atoms with Gasteiger partial charge in [0.05, 0.1) is 5.02 Å². The summed E-state index contributed by atoms with van der Waals surface area (Å²) >= 11 is 5.84. The number of halogens is 1. The van der Waals surface area contributed by atoms with E-state index in [1.54, 1.807) is 6.07 Å². The fourth-order valence-electron chi connectivity index (χ4n) is 2.74. The van der Waals surface area contributed by atoms with Crippen LogP contribution in [0.15, 0.2) is 42.5 Å². The number of carbonyl (C=O) groups is 1. The van der Waals surface area contributed by atoms with Gasteiger partial charge in [-0.05, 0) is 48.6 Å². The highest BCUT2D eigenvalue weighted by Gasteiger charge is 2.20. The van der Waals surface area contributed by atoms with Gasteiger partial charge >= 0.3 is 0 Å². The van der Waals surface area contributed by atoms with Gasteiger partial charge in [0.2, 0.25) is 0 Å². The van der Waals surface area contributed by atoms with Gasteiger partial charge in [-0.3, -0.25) is 4.79 Å². The molecule has 1 unspecified atom stereocenters. The second-order valence-electron chi connectivity index (χ2n) is 5.35. The molecule has 0 fully saturated rings. The van der Waals surface area contributed by atoms with Crippen LogP contribution in [-0.4, -0.2) is 17.1 Å². The van der Waals surface area contributed by atoms with E-state index in [-0.39, 0.29) is 22.7 Å². The summed E-state index contributed by atoms with van der Waals surface area (Å²) in [5.41, 5.74) is 3.14. The fourth-order valence-corrected chi connectivity index (χ4v) is 2.92. The van der Waals surface area contributed by atoms with Crippen molar-refractivity contribution in [2.24, 2.45) is 0 Å². The average molecular weight is 302 g/mol. The van der Waals surface area contributed by atoms with Crippen LogP contribution in [-0.2, 0) is 12.8 Å². The first-order valence-electron chi connectivity index (χ1n) is 6.99. The van der Waals surface area contributed by atoms with Crippen LogP contribution in [0, 0.1) is 0 Å². The van der Waals surface area contributed by atoms with Crippen LogP contribution in [0.4, 0.5) is 0 Å². The van der Waals surface area contributed by atoms with Gasteiger partial charge in [-0.15, -0.1) is 0 Å². The molecule has 108 valence electrons. The number of hydrogen-bond donors (Lipinski definition) is 2. The molecular weight excluding hydrogens is 286 g/mol. The summed E-state index contributed by atoms with van der Waals surface area (Å²) in [6, 6.07) is 13.0. The van der Waals surface area contributed by atoms with Crippen molar-refractivity contribution in [2.75, 3.05) is 0 Å². The number of phenolic OH excluding ortho intramolecular Hbond substituents is 1. The van der Waals surface area contributed by atoms with Crippen LogP contribution < -0.4 is 5.32 Å². The Kier molecular flexibility index (Phi) is 3.84. The molecule has 1 aliphatic carbocycles. The number of fused-ring (bicyclic) bond motifs is 1. The standard InChI is InChI=1S/C17H16ClNO2/c18-15-10-13(6-8-16(15)20)17(21)19-14-7-5-11-3-1-2-4-12(11)9-14/h1-4,6,8,10,14,20H,5,7,9H2,(H,19,21). The molecule has 4 heteroatoms. The predicted octanol–water partition coefficient (Wildman–Crippen LogP) is 3.33. The third-order valence-corrected chi connectivity index (χ3v) is 4.19. The smallest absolute Gasteiger partial charge is 0.251 e. The normalized spacial score (nSPS) is 17.1. The van der Waals surface area contributed by atoms with Gasteiger partial charge in [0.15, 0.2) is 0 Å². The number of hydrogen-bond acceptors (Lipinski definition) is 2. The first-order valence-corrected chi connectivity index (χ1v) is 7.37. The Morgan fingerprint density at radius 2 is 1.95 bits per heavy atom. The zero-order chi connectivity index (χ0) is 14.8. The van der Waals surface area contributed by atoms with Crippen molar-refractivity contribution in [3.63, 3.8) is 0 Å². The van der Waals surface area contributed by atoms with E-state index in [1.165, 1.54) is 23.3 Å². The minimum Gasteiger partial charge on any atom is -0.506 e.